The molecule has 0 radical (unpaired) electrons. The van der Waals surface area contributed by atoms with Crippen LogP contribution in [0.3, 0.4) is 0 Å². The van der Waals surface area contributed by atoms with Crippen molar-refractivity contribution in [2.75, 3.05) is 29.4 Å². The van der Waals surface area contributed by atoms with Crippen molar-refractivity contribution in [3.8, 4) is 5.75 Å². The second kappa shape index (κ2) is 9.17. The maximum atomic E-state index is 12.4. The van der Waals surface area contributed by atoms with Crippen LogP contribution in [0.2, 0.25) is 0 Å². The van der Waals surface area contributed by atoms with Gasteiger partial charge >= 0.3 is 11.8 Å². The van der Waals surface area contributed by atoms with Crippen LogP contribution in [-0.2, 0) is 19.6 Å². The van der Waals surface area contributed by atoms with Crippen molar-refractivity contribution >= 4 is 33.2 Å². The summed E-state index contributed by atoms with van der Waals surface area (Å²) in [5, 5.41) is 2.55. The lowest BCUT2D eigenvalue weighted by Crippen LogP contribution is -2.46. The number of rotatable bonds is 5. The summed E-state index contributed by atoms with van der Waals surface area (Å²) in [5.74, 6) is -0.518. The summed E-state index contributed by atoms with van der Waals surface area (Å²) >= 11 is 0. The summed E-state index contributed by atoms with van der Waals surface area (Å²) in [7, 11) is -3.38. The zero-order chi connectivity index (χ0) is 21.7. The minimum Gasteiger partial charge on any atom is -0.490 e. The molecule has 1 aliphatic heterocycles. The van der Waals surface area contributed by atoms with E-state index in [0.29, 0.717) is 37.3 Å². The number of carbonyl (C=O) groups is 2. The summed E-state index contributed by atoms with van der Waals surface area (Å²) < 4.78 is 30.7. The minimum absolute atomic E-state index is 0.00899. The zero-order valence-corrected chi connectivity index (χ0v) is 17.7. The van der Waals surface area contributed by atoms with Crippen molar-refractivity contribution in [2.45, 2.75) is 25.9 Å². The molecule has 0 aliphatic carbocycles. The lowest BCUT2D eigenvalue weighted by molar-refractivity contribution is -0.144. The van der Waals surface area contributed by atoms with Gasteiger partial charge < -0.3 is 15.0 Å². The van der Waals surface area contributed by atoms with E-state index in [-0.39, 0.29) is 6.10 Å². The zero-order valence-electron chi connectivity index (χ0n) is 16.9. The first-order chi connectivity index (χ1) is 14.2. The summed E-state index contributed by atoms with van der Waals surface area (Å²) in [6.07, 6.45) is 2.36. The van der Waals surface area contributed by atoms with Crippen molar-refractivity contribution in [2.24, 2.45) is 0 Å². The van der Waals surface area contributed by atoms with Crippen LogP contribution in [0.15, 0.2) is 48.5 Å². The predicted molar refractivity (Wildman–Crippen MR) is 115 cm³/mol. The van der Waals surface area contributed by atoms with Gasteiger partial charge in [-0.3, -0.25) is 14.3 Å². The van der Waals surface area contributed by atoms with Gasteiger partial charge in [-0.15, -0.1) is 0 Å². The predicted octanol–water partition coefficient (Wildman–Crippen LogP) is 2.38. The number of amides is 2. The topological polar surface area (TPSA) is 105 Å². The molecular formula is C21H25N3O5S. The molecule has 0 aromatic heterocycles. The average Bonchev–Trinajstić information content (AvgIpc) is 2.70. The van der Waals surface area contributed by atoms with Gasteiger partial charge in [-0.05, 0) is 43.3 Å². The number of benzene rings is 2. The fourth-order valence-electron chi connectivity index (χ4n) is 3.15. The highest BCUT2D eigenvalue weighted by Gasteiger charge is 2.28. The standard InChI is InChI=1S/C21H25N3O5S/c1-15-3-9-18(10-4-15)29-19-11-13-24(14-12-19)21(26)20(25)22-16-5-7-17(8-6-16)23-30(2,27)28/h3-10,19,23H,11-14H2,1-2H3,(H,22,25). The second-order valence-corrected chi connectivity index (χ2v) is 9.08. The van der Waals surface area contributed by atoms with E-state index in [1.807, 2.05) is 31.2 Å². The Morgan fingerprint density at radius 1 is 0.967 bits per heavy atom. The lowest BCUT2D eigenvalue weighted by Gasteiger charge is -2.31. The highest BCUT2D eigenvalue weighted by atomic mass is 32.2. The third-order valence-corrected chi connectivity index (χ3v) is 5.30. The summed E-state index contributed by atoms with van der Waals surface area (Å²) in [4.78, 5) is 26.2. The Hall–Kier alpha value is -3.07. The number of carbonyl (C=O) groups excluding carboxylic acids is 2. The summed E-state index contributed by atoms with van der Waals surface area (Å²) in [6, 6.07) is 13.9. The average molecular weight is 432 g/mol. The van der Waals surface area contributed by atoms with E-state index in [0.717, 1.165) is 17.6 Å². The molecule has 30 heavy (non-hydrogen) atoms. The van der Waals surface area contributed by atoms with Crippen molar-refractivity contribution in [3.05, 3.63) is 54.1 Å². The summed E-state index contributed by atoms with van der Waals surface area (Å²) in [6.45, 7) is 2.90. The van der Waals surface area contributed by atoms with E-state index in [1.165, 1.54) is 29.2 Å². The Morgan fingerprint density at radius 3 is 2.10 bits per heavy atom. The number of nitrogens with zero attached hydrogens (tertiary/aromatic N) is 1. The van der Waals surface area contributed by atoms with E-state index in [1.54, 1.807) is 0 Å². The van der Waals surface area contributed by atoms with Gasteiger partial charge in [0.1, 0.15) is 11.9 Å². The molecule has 1 fully saturated rings. The third-order valence-electron chi connectivity index (χ3n) is 4.69. The molecule has 0 bridgehead atoms. The third kappa shape index (κ3) is 6.21. The molecule has 2 aromatic carbocycles. The van der Waals surface area contributed by atoms with E-state index < -0.39 is 21.8 Å². The van der Waals surface area contributed by atoms with Gasteiger partial charge in [-0.2, -0.15) is 0 Å². The molecule has 3 rings (SSSR count). The Labute approximate surface area is 176 Å². The second-order valence-electron chi connectivity index (χ2n) is 7.33. The van der Waals surface area contributed by atoms with Crippen molar-refractivity contribution in [1.82, 2.24) is 4.90 Å². The fourth-order valence-corrected chi connectivity index (χ4v) is 3.71. The van der Waals surface area contributed by atoms with Gasteiger partial charge in [0.05, 0.1) is 6.26 Å². The smallest absolute Gasteiger partial charge is 0.313 e. The molecule has 1 heterocycles. The van der Waals surface area contributed by atoms with Gasteiger partial charge in [0, 0.05) is 37.3 Å². The van der Waals surface area contributed by atoms with E-state index in [9.17, 15) is 18.0 Å². The number of aryl methyl sites for hydroxylation is 1. The SMILES string of the molecule is Cc1ccc(OC2CCN(C(=O)C(=O)Nc3ccc(NS(C)(=O)=O)cc3)CC2)cc1. The van der Waals surface area contributed by atoms with Crippen LogP contribution in [0.25, 0.3) is 0 Å². The van der Waals surface area contributed by atoms with E-state index in [2.05, 4.69) is 10.0 Å². The molecule has 8 nitrogen and oxygen atoms in total. The number of sulfonamides is 1. The number of hydrogen-bond donors (Lipinski definition) is 2. The minimum atomic E-state index is -3.38. The van der Waals surface area contributed by atoms with Crippen LogP contribution in [0, 0.1) is 6.92 Å². The highest BCUT2D eigenvalue weighted by Crippen LogP contribution is 2.20. The number of hydrogen-bond acceptors (Lipinski definition) is 5. The Kier molecular flexibility index (Phi) is 6.61. The van der Waals surface area contributed by atoms with E-state index >= 15 is 0 Å². The van der Waals surface area contributed by atoms with Gasteiger partial charge in [-0.25, -0.2) is 8.42 Å². The largest absolute Gasteiger partial charge is 0.490 e. The van der Waals surface area contributed by atoms with E-state index in [4.69, 9.17) is 4.74 Å². The first-order valence-corrected chi connectivity index (χ1v) is 11.5. The molecule has 0 atom stereocenters. The molecule has 160 valence electrons. The molecule has 2 aromatic rings. The fraction of sp³-hybridized carbons (Fsp3) is 0.333. The quantitative estimate of drug-likeness (QED) is 0.708. The number of ether oxygens (including phenoxy) is 1. The molecule has 1 saturated heterocycles. The lowest BCUT2D eigenvalue weighted by atomic mass is 10.1. The Balaban J connectivity index is 1.48. The number of likely N-dealkylation sites (tertiary alicyclic amines) is 1. The van der Waals surface area contributed by atoms with Crippen LogP contribution in [0.4, 0.5) is 11.4 Å². The van der Waals surface area contributed by atoms with Crippen LogP contribution in [-0.4, -0.2) is 50.6 Å². The van der Waals surface area contributed by atoms with Crippen molar-refractivity contribution < 1.29 is 22.7 Å². The number of piperidine rings is 1. The molecule has 0 saturated carbocycles. The first-order valence-electron chi connectivity index (χ1n) is 9.61. The number of nitrogens with one attached hydrogen (secondary N) is 2. The van der Waals surface area contributed by atoms with Crippen LogP contribution in [0.1, 0.15) is 18.4 Å². The van der Waals surface area contributed by atoms with Gasteiger partial charge in [0.25, 0.3) is 0 Å². The van der Waals surface area contributed by atoms with Crippen LogP contribution in [0.5, 0.6) is 5.75 Å². The van der Waals surface area contributed by atoms with Gasteiger partial charge in [0.15, 0.2) is 0 Å². The molecular weight excluding hydrogens is 406 g/mol. The highest BCUT2D eigenvalue weighted by molar-refractivity contribution is 7.92. The Morgan fingerprint density at radius 2 is 1.53 bits per heavy atom. The summed E-state index contributed by atoms with van der Waals surface area (Å²) in [5.41, 5.74) is 1.94. The normalized spacial score (nSPS) is 14.8. The van der Waals surface area contributed by atoms with Gasteiger partial charge in [-0.1, -0.05) is 17.7 Å². The molecule has 1 aliphatic rings. The molecule has 0 unspecified atom stereocenters. The van der Waals surface area contributed by atoms with Crippen molar-refractivity contribution in [3.63, 3.8) is 0 Å². The van der Waals surface area contributed by atoms with Crippen LogP contribution < -0.4 is 14.8 Å². The number of anilines is 2. The maximum Gasteiger partial charge on any atom is 0.313 e. The molecule has 0 spiro atoms. The van der Waals surface area contributed by atoms with Crippen molar-refractivity contribution in [1.29, 1.82) is 0 Å². The Bertz CT molecular complexity index is 996. The maximum absolute atomic E-state index is 12.4. The molecule has 9 heteroatoms. The molecule has 2 N–H and O–H groups in total. The van der Waals surface area contributed by atoms with Gasteiger partial charge in [0.2, 0.25) is 10.0 Å². The molecule has 2 amide bonds. The first kappa shape index (κ1) is 21.6. The van der Waals surface area contributed by atoms with Crippen LogP contribution >= 0.6 is 0 Å². The monoisotopic (exact) mass is 431 g/mol.